The minimum Gasteiger partial charge on any atom is -0.486 e. The van der Waals surface area contributed by atoms with Crippen LogP contribution in [0.4, 0.5) is 15.3 Å². The Morgan fingerprint density at radius 2 is 1.77 bits per heavy atom. The van der Waals surface area contributed by atoms with E-state index in [0.29, 0.717) is 75.6 Å². The number of imide groups is 1. The summed E-state index contributed by atoms with van der Waals surface area (Å²) < 4.78 is 16.2. The Morgan fingerprint density at radius 1 is 1.06 bits per heavy atom. The van der Waals surface area contributed by atoms with Crippen LogP contribution in [0.5, 0.6) is 11.5 Å². The van der Waals surface area contributed by atoms with Crippen molar-refractivity contribution < 1.29 is 28.6 Å². The van der Waals surface area contributed by atoms with E-state index in [1.165, 1.54) is 0 Å². The highest BCUT2D eigenvalue weighted by atomic mass is 16.6. The average molecular weight is 434 g/mol. The molecule has 2 N–H and O–H groups in total. The molecular formula is C21H30N4O6. The summed E-state index contributed by atoms with van der Waals surface area (Å²) in [5, 5.41) is 4.95. The predicted octanol–water partition coefficient (Wildman–Crippen LogP) is 1.91. The van der Waals surface area contributed by atoms with Gasteiger partial charge in [-0.15, -0.1) is 0 Å². The summed E-state index contributed by atoms with van der Waals surface area (Å²) in [6.07, 6.45) is -0.103. The zero-order valence-electron chi connectivity index (χ0n) is 18.0. The number of ether oxygens (including phenoxy) is 3. The van der Waals surface area contributed by atoms with Crippen molar-refractivity contribution in [2.24, 2.45) is 5.92 Å². The Labute approximate surface area is 181 Å². The van der Waals surface area contributed by atoms with Crippen LogP contribution in [0.25, 0.3) is 0 Å². The molecule has 2 aliphatic rings. The van der Waals surface area contributed by atoms with Gasteiger partial charge in [-0.3, -0.25) is 15.0 Å². The van der Waals surface area contributed by atoms with Gasteiger partial charge >= 0.3 is 12.1 Å². The van der Waals surface area contributed by atoms with Crippen LogP contribution in [0.2, 0.25) is 0 Å². The highest BCUT2D eigenvalue weighted by molar-refractivity contribution is 6.01. The van der Waals surface area contributed by atoms with Gasteiger partial charge in [0.15, 0.2) is 11.5 Å². The van der Waals surface area contributed by atoms with Crippen molar-refractivity contribution in [1.29, 1.82) is 0 Å². The maximum absolute atomic E-state index is 12.1. The molecular weight excluding hydrogens is 404 g/mol. The fraction of sp³-hybridized carbons (Fsp3) is 0.571. The minimum absolute atomic E-state index is 0.187. The third-order valence-electron chi connectivity index (χ3n) is 4.88. The SMILES string of the molecule is CC(C)COC(=O)N1CCN(CCC(=O)NC(=O)Nc2ccc3c(c2)OCCO3)CC1. The lowest BCUT2D eigenvalue weighted by Gasteiger charge is -2.34. The van der Waals surface area contributed by atoms with E-state index in [1.54, 1.807) is 23.1 Å². The van der Waals surface area contributed by atoms with Crippen molar-refractivity contribution in [3.8, 4) is 11.5 Å². The first-order chi connectivity index (χ1) is 14.9. The Kier molecular flexibility index (Phi) is 7.94. The molecule has 0 aliphatic carbocycles. The number of amides is 4. The largest absolute Gasteiger partial charge is 0.486 e. The molecule has 0 radical (unpaired) electrons. The number of hydrogen-bond acceptors (Lipinski definition) is 7. The first kappa shape index (κ1) is 22.7. The molecule has 1 aromatic carbocycles. The molecule has 0 saturated carbocycles. The lowest BCUT2D eigenvalue weighted by molar-refractivity contribution is -0.120. The zero-order valence-corrected chi connectivity index (χ0v) is 18.0. The molecule has 1 aromatic rings. The second kappa shape index (κ2) is 10.9. The average Bonchev–Trinajstić information content (AvgIpc) is 2.76. The van der Waals surface area contributed by atoms with Crippen molar-refractivity contribution >= 4 is 23.7 Å². The smallest absolute Gasteiger partial charge is 0.409 e. The van der Waals surface area contributed by atoms with Gasteiger partial charge in [-0.1, -0.05) is 13.8 Å². The lowest BCUT2D eigenvalue weighted by atomic mass is 10.2. The van der Waals surface area contributed by atoms with Gasteiger partial charge in [0, 0.05) is 50.9 Å². The fourth-order valence-electron chi connectivity index (χ4n) is 3.22. The second-order valence-electron chi connectivity index (χ2n) is 7.91. The number of rotatable bonds is 6. The molecule has 10 heteroatoms. The van der Waals surface area contributed by atoms with Crippen LogP contribution < -0.4 is 20.1 Å². The first-order valence-electron chi connectivity index (χ1n) is 10.6. The van der Waals surface area contributed by atoms with E-state index < -0.39 is 6.03 Å². The molecule has 1 fully saturated rings. The predicted molar refractivity (Wildman–Crippen MR) is 113 cm³/mol. The topological polar surface area (TPSA) is 109 Å². The molecule has 0 aromatic heterocycles. The monoisotopic (exact) mass is 434 g/mol. The van der Waals surface area contributed by atoms with E-state index >= 15 is 0 Å². The molecule has 0 atom stereocenters. The second-order valence-corrected chi connectivity index (χ2v) is 7.91. The lowest BCUT2D eigenvalue weighted by Crippen LogP contribution is -2.49. The highest BCUT2D eigenvalue weighted by Crippen LogP contribution is 2.32. The fourth-order valence-corrected chi connectivity index (χ4v) is 3.22. The van der Waals surface area contributed by atoms with Crippen LogP contribution in [0.3, 0.4) is 0 Å². The first-order valence-corrected chi connectivity index (χ1v) is 10.6. The van der Waals surface area contributed by atoms with E-state index in [0.717, 1.165) is 0 Å². The quantitative estimate of drug-likeness (QED) is 0.704. The van der Waals surface area contributed by atoms with Crippen molar-refractivity contribution in [2.75, 3.05) is 57.9 Å². The number of benzene rings is 1. The van der Waals surface area contributed by atoms with Gasteiger partial charge < -0.3 is 24.4 Å². The van der Waals surface area contributed by atoms with E-state index in [4.69, 9.17) is 14.2 Å². The molecule has 0 unspecified atom stereocenters. The van der Waals surface area contributed by atoms with Gasteiger partial charge in [-0.05, 0) is 18.1 Å². The summed E-state index contributed by atoms with van der Waals surface area (Å²) in [5.41, 5.74) is 0.509. The summed E-state index contributed by atoms with van der Waals surface area (Å²) in [6, 6.07) is 4.46. The zero-order chi connectivity index (χ0) is 22.2. The normalized spacial score (nSPS) is 16.0. The third-order valence-corrected chi connectivity index (χ3v) is 4.88. The molecule has 170 valence electrons. The number of hydrogen-bond donors (Lipinski definition) is 2. The molecule has 1 saturated heterocycles. The van der Waals surface area contributed by atoms with Gasteiger partial charge in [-0.25, -0.2) is 9.59 Å². The number of anilines is 1. The molecule has 31 heavy (non-hydrogen) atoms. The van der Waals surface area contributed by atoms with Crippen molar-refractivity contribution in [3.63, 3.8) is 0 Å². The summed E-state index contributed by atoms with van der Waals surface area (Å²) in [7, 11) is 0. The maximum Gasteiger partial charge on any atom is 0.409 e. The molecule has 2 aliphatic heterocycles. The third kappa shape index (κ3) is 7.02. The Morgan fingerprint density at radius 3 is 2.48 bits per heavy atom. The van der Waals surface area contributed by atoms with Gasteiger partial charge in [0.2, 0.25) is 5.91 Å². The summed E-state index contributed by atoms with van der Waals surface area (Å²) >= 11 is 0. The number of carbonyl (C=O) groups is 3. The van der Waals surface area contributed by atoms with Crippen molar-refractivity contribution in [2.45, 2.75) is 20.3 Å². The Hall–Kier alpha value is -3.01. The number of nitrogens with one attached hydrogen (secondary N) is 2. The Bertz CT molecular complexity index is 792. The van der Waals surface area contributed by atoms with Crippen LogP contribution >= 0.6 is 0 Å². The molecule has 10 nitrogen and oxygen atoms in total. The van der Waals surface area contributed by atoms with Gasteiger partial charge in [0.25, 0.3) is 0 Å². The Balaban J connectivity index is 1.34. The van der Waals surface area contributed by atoms with E-state index in [9.17, 15) is 14.4 Å². The summed E-state index contributed by atoms with van der Waals surface area (Å²) in [4.78, 5) is 40.0. The van der Waals surface area contributed by atoms with E-state index in [-0.39, 0.29) is 18.4 Å². The number of urea groups is 1. The van der Waals surface area contributed by atoms with Crippen molar-refractivity contribution in [1.82, 2.24) is 15.1 Å². The van der Waals surface area contributed by atoms with Gasteiger partial charge in [0.05, 0.1) is 6.61 Å². The highest BCUT2D eigenvalue weighted by Gasteiger charge is 2.23. The van der Waals surface area contributed by atoms with E-state index in [2.05, 4.69) is 15.5 Å². The number of carbonyl (C=O) groups excluding carboxylic acids is 3. The standard InChI is InChI=1S/C21H30N4O6/c1-15(2)14-31-21(28)25-9-7-24(8-10-25)6-5-19(26)23-20(27)22-16-3-4-17-18(13-16)30-12-11-29-17/h3-4,13,15H,5-12,14H2,1-2H3,(H2,22,23,26,27). The molecule has 0 bridgehead atoms. The van der Waals surface area contributed by atoms with Crippen LogP contribution in [0, 0.1) is 5.92 Å². The molecule has 2 heterocycles. The van der Waals surface area contributed by atoms with Crippen molar-refractivity contribution in [3.05, 3.63) is 18.2 Å². The maximum atomic E-state index is 12.1. The van der Waals surface area contributed by atoms with Gasteiger partial charge in [0.1, 0.15) is 13.2 Å². The van der Waals surface area contributed by atoms with Crippen LogP contribution in [0.15, 0.2) is 18.2 Å². The van der Waals surface area contributed by atoms with Gasteiger partial charge in [-0.2, -0.15) is 0 Å². The van der Waals surface area contributed by atoms with Crippen LogP contribution in [0.1, 0.15) is 20.3 Å². The number of fused-ring (bicyclic) bond motifs is 1. The molecule has 0 spiro atoms. The molecule has 3 rings (SSSR count). The van der Waals surface area contributed by atoms with Crippen LogP contribution in [-0.4, -0.2) is 80.4 Å². The van der Waals surface area contributed by atoms with E-state index in [1.807, 2.05) is 13.8 Å². The summed E-state index contributed by atoms with van der Waals surface area (Å²) in [6.45, 7) is 8.29. The number of nitrogens with zero attached hydrogens (tertiary/aromatic N) is 2. The molecule has 4 amide bonds. The number of piperazine rings is 1. The minimum atomic E-state index is -0.598. The summed E-state index contributed by atoms with van der Waals surface area (Å²) in [5.74, 6) is 1.12. The van der Waals surface area contributed by atoms with Crippen LogP contribution in [-0.2, 0) is 9.53 Å².